The van der Waals surface area contributed by atoms with E-state index in [4.69, 9.17) is 12.2 Å². The summed E-state index contributed by atoms with van der Waals surface area (Å²) in [6.07, 6.45) is 0.916. The Morgan fingerprint density at radius 2 is 1.70 bits per heavy atom. The zero-order valence-corrected chi connectivity index (χ0v) is 14.2. The van der Waals surface area contributed by atoms with Crippen LogP contribution in [0, 0.1) is 11.6 Å². The molecule has 0 spiro atoms. The largest absolute Gasteiger partial charge is 0.362 e. The third-order valence-electron chi connectivity index (χ3n) is 3.06. The van der Waals surface area contributed by atoms with Gasteiger partial charge in [0.25, 0.3) is 0 Å². The summed E-state index contributed by atoms with van der Waals surface area (Å²) in [7, 11) is 0. The summed E-state index contributed by atoms with van der Waals surface area (Å²) in [6.45, 7) is 0.656. The quantitative estimate of drug-likeness (QED) is 0.563. The molecular weight excluding hydrogens is 334 g/mol. The van der Waals surface area contributed by atoms with Crippen molar-refractivity contribution in [3.8, 4) is 0 Å². The van der Waals surface area contributed by atoms with Crippen LogP contribution in [0.4, 0.5) is 14.5 Å². The van der Waals surface area contributed by atoms with E-state index in [0.29, 0.717) is 6.54 Å². The number of thiocarbonyl (C=S) groups is 1. The fraction of sp³-hybridized carbons (Fsp3) is 0.235. The minimum Gasteiger partial charge on any atom is -0.362 e. The third-order valence-corrected chi connectivity index (χ3v) is 4.43. The first-order valence-corrected chi connectivity index (χ1v) is 8.83. The number of halogens is 2. The highest BCUT2D eigenvalue weighted by Crippen LogP contribution is 2.17. The second-order valence-corrected chi connectivity index (χ2v) is 6.38. The second-order valence-electron chi connectivity index (χ2n) is 4.87. The Kier molecular flexibility index (Phi) is 7.29. The van der Waals surface area contributed by atoms with Crippen LogP contribution in [-0.4, -0.2) is 17.4 Å². The van der Waals surface area contributed by atoms with Crippen molar-refractivity contribution in [2.24, 2.45) is 0 Å². The highest BCUT2D eigenvalue weighted by Gasteiger charge is 2.09. The first kappa shape index (κ1) is 17.7. The Hall–Kier alpha value is -1.66. The van der Waals surface area contributed by atoms with Gasteiger partial charge in [-0.25, -0.2) is 8.78 Å². The number of benzene rings is 2. The maximum absolute atomic E-state index is 13.5. The highest BCUT2D eigenvalue weighted by atomic mass is 32.2. The van der Waals surface area contributed by atoms with E-state index in [-0.39, 0.29) is 10.8 Å². The summed E-state index contributed by atoms with van der Waals surface area (Å²) in [4.78, 5) is 0. The van der Waals surface area contributed by atoms with Crippen molar-refractivity contribution in [3.05, 3.63) is 65.7 Å². The molecule has 0 unspecified atom stereocenters. The predicted octanol–water partition coefficient (Wildman–Crippen LogP) is 4.57. The smallest absolute Gasteiger partial charge is 0.170 e. The van der Waals surface area contributed by atoms with Crippen LogP contribution in [0.2, 0.25) is 0 Å². The molecular formula is C17H18F2N2S2. The van der Waals surface area contributed by atoms with Gasteiger partial charge in [0.15, 0.2) is 5.11 Å². The maximum atomic E-state index is 13.5. The molecule has 0 saturated heterocycles. The zero-order valence-electron chi connectivity index (χ0n) is 12.5. The first-order valence-electron chi connectivity index (χ1n) is 7.27. The molecule has 23 heavy (non-hydrogen) atoms. The molecule has 122 valence electrons. The van der Waals surface area contributed by atoms with Gasteiger partial charge in [0.1, 0.15) is 17.3 Å². The summed E-state index contributed by atoms with van der Waals surface area (Å²) in [5, 5.41) is 5.74. The Labute approximate surface area is 144 Å². The number of nitrogens with one attached hydrogen (secondary N) is 2. The van der Waals surface area contributed by atoms with Gasteiger partial charge in [0.2, 0.25) is 0 Å². The topological polar surface area (TPSA) is 24.1 Å². The van der Waals surface area contributed by atoms with Gasteiger partial charge in [-0.1, -0.05) is 36.4 Å². The van der Waals surface area contributed by atoms with Crippen LogP contribution in [0.3, 0.4) is 0 Å². The Bertz CT molecular complexity index is 615. The van der Waals surface area contributed by atoms with Crippen LogP contribution in [0.5, 0.6) is 0 Å². The van der Waals surface area contributed by atoms with Crippen molar-refractivity contribution < 1.29 is 8.78 Å². The summed E-state index contributed by atoms with van der Waals surface area (Å²) in [5.41, 5.74) is 1.08. The number of hydrogen-bond donors (Lipinski definition) is 2. The standard InChI is InChI=1S/C17H18F2N2S2/c18-14-8-4-9-15(19)16(14)21-17(22)20-10-5-11-23-12-13-6-2-1-3-7-13/h1-4,6-9H,5,10-12H2,(H2,20,21,22). The lowest BCUT2D eigenvalue weighted by Crippen LogP contribution is -2.30. The van der Waals surface area contributed by atoms with Crippen LogP contribution < -0.4 is 10.6 Å². The summed E-state index contributed by atoms with van der Waals surface area (Å²) in [6, 6.07) is 14.0. The van der Waals surface area contributed by atoms with E-state index in [1.807, 2.05) is 30.0 Å². The fourth-order valence-corrected chi connectivity index (χ4v) is 3.04. The van der Waals surface area contributed by atoms with Crippen LogP contribution in [0.15, 0.2) is 48.5 Å². The average molecular weight is 352 g/mol. The number of anilines is 1. The monoisotopic (exact) mass is 352 g/mol. The van der Waals surface area contributed by atoms with Gasteiger partial charge in [0, 0.05) is 12.3 Å². The van der Waals surface area contributed by atoms with Crippen LogP contribution in [-0.2, 0) is 5.75 Å². The molecule has 0 aromatic heterocycles. The van der Waals surface area contributed by atoms with Crippen LogP contribution >= 0.6 is 24.0 Å². The Morgan fingerprint density at radius 3 is 2.39 bits per heavy atom. The molecule has 0 aliphatic carbocycles. The predicted molar refractivity (Wildman–Crippen MR) is 97.8 cm³/mol. The van der Waals surface area contributed by atoms with Gasteiger partial charge in [-0.2, -0.15) is 11.8 Å². The molecule has 0 radical (unpaired) electrons. The van der Waals surface area contributed by atoms with Gasteiger partial charge in [-0.3, -0.25) is 0 Å². The molecule has 0 fully saturated rings. The first-order chi connectivity index (χ1) is 11.2. The minimum absolute atomic E-state index is 0.219. The van der Waals surface area contributed by atoms with E-state index in [1.165, 1.54) is 23.8 Å². The van der Waals surface area contributed by atoms with Crippen molar-refractivity contribution in [2.75, 3.05) is 17.6 Å². The number of thioether (sulfide) groups is 1. The van der Waals surface area contributed by atoms with Gasteiger partial charge in [0.05, 0.1) is 0 Å². The molecule has 0 bridgehead atoms. The summed E-state index contributed by atoms with van der Waals surface area (Å²) < 4.78 is 26.9. The van der Waals surface area contributed by atoms with E-state index < -0.39 is 11.6 Å². The fourth-order valence-electron chi connectivity index (χ4n) is 1.92. The number of hydrogen-bond acceptors (Lipinski definition) is 2. The van der Waals surface area contributed by atoms with E-state index in [9.17, 15) is 8.78 Å². The van der Waals surface area contributed by atoms with Crippen molar-refractivity contribution in [3.63, 3.8) is 0 Å². The SMILES string of the molecule is Fc1cccc(F)c1NC(=S)NCCCSCc1ccccc1. The van der Waals surface area contributed by atoms with E-state index in [0.717, 1.165) is 17.9 Å². The molecule has 2 rings (SSSR count). The van der Waals surface area contributed by atoms with Gasteiger partial charge in [-0.15, -0.1) is 0 Å². The number of para-hydroxylation sites is 1. The molecule has 2 aromatic carbocycles. The molecule has 0 aliphatic rings. The second kappa shape index (κ2) is 9.47. The van der Waals surface area contributed by atoms with Gasteiger partial charge in [-0.05, 0) is 42.1 Å². The molecule has 2 nitrogen and oxygen atoms in total. The molecule has 2 N–H and O–H groups in total. The minimum atomic E-state index is -0.660. The third kappa shape index (κ3) is 6.15. The normalized spacial score (nSPS) is 10.3. The average Bonchev–Trinajstić information content (AvgIpc) is 2.55. The van der Waals surface area contributed by atoms with E-state index in [2.05, 4.69) is 22.8 Å². The van der Waals surface area contributed by atoms with Crippen molar-refractivity contribution >= 4 is 34.8 Å². The van der Waals surface area contributed by atoms with E-state index in [1.54, 1.807) is 0 Å². The summed E-state index contributed by atoms with van der Waals surface area (Å²) in [5.74, 6) is 0.642. The van der Waals surface area contributed by atoms with Crippen molar-refractivity contribution in [1.29, 1.82) is 0 Å². The van der Waals surface area contributed by atoms with Crippen LogP contribution in [0.1, 0.15) is 12.0 Å². The molecule has 2 aromatic rings. The zero-order chi connectivity index (χ0) is 16.5. The lowest BCUT2D eigenvalue weighted by atomic mass is 10.2. The highest BCUT2D eigenvalue weighted by molar-refractivity contribution is 7.98. The molecule has 0 saturated carbocycles. The van der Waals surface area contributed by atoms with Gasteiger partial charge < -0.3 is 10.6 Å². The molecule has 0 amide bonds. The Balaban J connectivity index is 1.62. The lowest BCUT2D eigenvalue weighted by Gasteiger charge is -2.11. The van der Waals surface area contributed by atoms with Crippen molar-refractivity contribution in [1.82, 2.24) is 5.32 Å². The maximum Gasteiger partial charge on any atom is 0.170 e. The summed E-state index contributed by atoms with van der Waals surface area (Å²) >= 11 is 6.89. The van der Waals surface area contributed by atoms with Crippen LogP contribution in [0.25, 0.3) is 0 Å². The molecule has 0 heterocycles. The lowest BCUT2D eigenvalue weighted by molar-refractivity contribution is 0.591. The molecule has 0 aliphatic heterocycles. The molecule has 0 atom stereocenters. The van der Waals surface area contributed by atoms with E-state index >= 15 is 0 Å². The van der Waals surface area contributed by atoms with Gasteiger partial charge >= 0.3 is 0 Å². The Morgan fingerprint density at radius 1 is 1.00 bits per heavy atom. The number of rotatable bonds is 7. The van der Waals surface area contributed by atoms with Crippen molar-refractivity contribution in [2.45, 2.75) is 12.2 Å². The molecule has 6 heteroatoms.